The number of hydrogen-bond donors (Lipinski definition) is 1. The Morgan fingerprint density at radius 2 is 1.62 bits per heavy atom. The molecule has 4 aromatic carbocycles. The number of ether oxygens (including phenoxy) is 1. The predicted octanol–water partition coefficient (Wildman–Crippen LogP) is 6.71. The van der Waals surface area contributed by atoms with Gasteiger partial charge in [0.15, 0.2) is 11.5 Å². The van der Waals surface area contributed by atoms with E-state index in [2.05, 4.69) is 30.4 Å². The fourth-order valence-electron chi connectivity index (χ4n) is 4.76. The fraction of sp³-hybridized carbons (Fsp3) is 0.176. The van der Waals surface area contributed by atoms with E-state index in [-0.39, 0.29) is 23.6 Å². The third-order valence-corrected chi connectivity index (χ3v) is 6.88. The molecule has 5 rings (SSSR count). The van der Waals surface area contributed by atoms with Crippen molar-refractivity contribution in [1.82, 2.24) is 5.32 Å². The number of nitrogens with zero attached hydrogens (tertiary/aromatic N) is 1. The third kappa shape index (κ3) is 6.27. The van der Waals surface area contributed by atoms with Gasteiger partial charge in [0.1, 0.15) is 0 Å². The van der Waals surface area contributed by atoms with E-state index in [9.17, 15) is 9.59 Å². The molecular formula is C34H32N2O3. The second-order valence-corrected chi connectivity index (χ2v) is 9.85. The predicted molar refractivity (Wildman–Crippen MR) is 156 cm³/mol. The molecule has 0 spiro atoms. The van der Waals surface area contributed by atoms with E-state index in [4.69, 9.17) is 4.74 Å². The maximum atomic E-state index is 13.5. The van der Waals surface area contributed by atoms with Gasteiger partial charge in [-0.15, -0.1) is 0 Å². The largest absolute Gasteiger partial charge is 0.449 e. The summed E-state index contributed by atoms with van der Waals surface area (Å²) in [6, 6.07) is 33.2. The molecule has 39 heavy (non-hydrogen) atoms. The maximum absolute atomic E-state index is 13.5. The summed E-state index contributed by atoms with van der Waals surface area (Å²) >= 11 is 0. The summed E-state index contributed by atoms with van der Waals surface area (Å²) in [6.45, 7) is 4.56. The first kappa shape index (κ1) is 26.0. The smallest absolute Gasteiger partial charge is 0.294 e. The van der Waals surface area contributed by atoms with Gasteiger partial charge in [0.05, 0.1) is 12.2 Å². The summed E-state index contributed by atoms with van der Waals surface area (Å²) in [5.74, 6) is 0.562. The van der Waals surface area contributed by atoms with Crippen LogP contribution in [-0.2, 0) is 17.8 Å². The molecule has 0 aromatic heterocycles. The van der Waals surface area contributed by atoms with Crippen LogP contribution in [0.15, 0.2) is 109 Å². The molecule has 0 saturated heterocycles. The van der Waals surface area contributed by atoms with Gasteiger partial charge < -0.3 is 10.1 Å². The number of anilines is 1. The highest BCUT2D eigenvalue weighted by Crippen LogP contribution is 2.36. The van der Waals surface area contributed by atoms with E-state index in [1.807, 2.05) is 79.7 Å². The Balaban J connectivity index is 1.32. The van der Waals surface area contributed by atoms with E-state index in [0.717, 1.165) is 35.2 Å². The number of benzene rings is 4. The highest BCUT2D eigenvalue weighted by atomic mass is 16.5. The summed E-state index contributed by atoms with van der Waals surface area (Å²) in [5.41, 5.74) is 5.49. The molecule has 2 amide bonds. The molecule has 5 nitrogen and oxygen atoms in total. The zero-order chi connectivity index (χ0) is 27.2. The molecule has 0 unspecified atom stereocenters. The van der Waals surface area contributed by atoms with E-state index >= 15 is 0 Å². The van der Waals surface area contributed by atoms with Gasteiger partial charge in [-0.1, -0.05) is 91.3 Å². The van der Waals surface area contributed by atoms with Crippen LogP contribution in [0.1, 0.15) is 46.0 Å². The van der Waals surface area contributed by atoms with E-state index < -0.39 is 0 Å². The Morgan fingerprint density at radius 1 is 0.897 bits per heavy atom. The van der Waals surface area contributed by atoms with E-state index in [1.165, 1.54) is 5.56 Å². The van der Waals surface area contributed by atoms with Gasteiger partial charge in [-0.3, -0.25) is 14.5 Å². The normalized spacial score (nSPS) is 14.5. The Labute approximate surface area is 229 Å². The topological polar surface area (TPSA) is 58.6 Å². The molecule has 0 bridgehead atoms. The van der Waals surface area contributed by atoms with Crippen molar-refractivity contribution >= 4 is 23.6 Å². The number of nitrogens with one attached hydrogen (secondary N) is 1. The SMILES string of the molecule is CC[C@@H](Cc1ccccc1)NC(=O)c1ccc(/C=C2/Oc3ccccc3N(Cc3cccc(C)c3)C2=O)cc1. The van der Waals surface area contributed by atoms with Crippen LogP contribution in [0.3, 0.4) is 0 Å². The lowest BCUT2D eigenvalue weighted by atomic mass is 10.0. The minimum absolute atomic E-state index is 0.0504. The first-order valence-corrected chi connectivity index (χ1v) is 13.3. The fourth-order valence-corrected chi connectivity index (χ4v) is 4.76. The van der Waals surface area contributed by atoms with E-state index in [0.29, 0.717) is 17.9 Å². The number of carbonyl (C=O) groups is 2. The van der Waals surface area contributed by atoms with Gasteiger partial charge in [0.2, 0.25) is 0 Å². The van der Waals surface area contributed by atoms with Crippen LogP contribution in [0.25, 0.3) is 6.08 Å². The number of hydrogen-bond acceptors (Lipinski definition) is 3. The molecular weight excluding hydrogens is 484 g/mol. The zero-order valence-corrected chi connectivity index (χ0v) is 22.3. The number of aryl methyl sites for hydroxylation is 1. The molecule has 0 fully saturated rings. The molecule has 1 N–H and O–H groups in total. The minimum atomic E-state index is -0.205. The molecule has 4 aromatic rings. The summed E-state index contributed by atoms with van der Waals surface area (Å²) in [7, 11) is 0. The summed E-state index contributed by atoms with van der Waals surface area (Å²) in [5, 5.41) is 3.14. The van der Waals surface area contributed by atoms with Gasteiger partial charge in [-0.2, -0.15) is 0 Å². The van der Waals surface area contributed by atoms with Gasteiger partial charge in [0, 0.05) is 11.6 Å². The van der Waals surface area contributed by atoms with Crippen molar-refractivity contribution in [2.24, 2.45) is 0 Å². The van der Waals surface area contributed by atoms with Crippen molar-refractivity contribution < 1.29 is 14.3 Å². The Kier molecular flexibility index (Phi) is 7.88. The first-order chi connectivity index (χ1) is 19.0. The van der Waals surface area contributed by atoms with Crippen molar-refractivity contribution in [3.05, 3.63) is 137 Å². The minimum Gasteiger partial charge on any atom is -0.449 e. The quantitative estimate of drug-likeness (QED) is 0.265. The highest BCUT2D eigenvalue weighted by molar-refractivity contribution is 6.09. The van der Waals surface area contributed by atoms with Crippen LogP contribution in [0.4, 0.5) is 5.69 Å². The van der Waals surface area contributed by atoms with Gasteiger partial charge >= 0.3 is 0 Å². The van der Waals surface area contributed by atoms with Crippen molar-refractivity contribution in [3.63, 3.8) is 0 Å². The average Bonchev–Trinajstić information content (AvgIpc) is 2.96. The van der Waals surface area contributed by atoms with Crippen LogP contribution in [0, 0.1) is 6.92 Å². The van der Waals surface area contributed by atoms with Crippen molar-refractivity contribution in [2.45, 2.75) is 39.3 Å². The Bertz CT molecular complexity index is 1490. The number of amides is 2. The highest BCUT2D eigenvalue weighted by Gasteiger charge is 2.30. The third-order valence-electron chi connectivity index (χ3n) is 6.88. The number of carbonyl (C=O) groups excluding carboxylic acids is 2. The first-order valence-electron chi connectivity index (χ1n) is 13.3. The molecule has 1 aliphatic heterocycles. The number of fused-ring (bicyclic) bond motifs is 1. The van der Waals surface area contributed by atoms with Crippen molar-refractivity contribution in [1.29, 1.82) is 0 Å². The second-order valence-electron chi connectivity index (χ2n) is 9.85. The maximum Gasteiger partial charge on any atom is 0.294 e. The van der Waals surface area contributed by atoms with Gasteiger partial charge in [-0.05, 0) is 66.8 Å². The summed E-state index contributed by atoms with van der Waals surface area (Å²) in [6.07, 6.45) is 3.35. The second kappa shape index (κ2) is 11.8. The summed E-state index contributed by atoms with van der Waals surface area (Å²) in [4.78, 5) is 28.2. The lowest BCUT2D eigenvalue weighted by molar-refractivity contribution is -0.117. The lowest BCUT2D eigenvalue weighted by Gasteiger charge is -2.30. The standard InChI is InChI=1S/C34H32N2O3/c1-3-29(21-25-11-5-4-6-12-25)35-33(37)28-18-16-26(17-19-28)22-32-34(38)36(23-27-13-9-10-24(2)20-27)30-14-7-8-15-31(30)39-32/h4-20,22,29H,3,21,23H2,1-2H3,(H,35,37)/b32-22+/t29-/m0/s1. The molecule has 5 heteroatoms. The molecule has 1 aliphatic rings. The lowest BCUT2D eigenvalue weighted by Crippen LogP contribution is -2.36. The molecule has 0 aliphatic carbocycles. The van der Waals surface area contributed by atoms with Crippen LogP contribution in [-0.4, -0.2) is 17.9 Å². The molecule has 0 radical (unpaired) electrons. The zero-order valence-electron chi connectivity index (χ0n) is 22.3. The molecule has 1 heterocycles. The molecule has 196 valence electrons. The van der Waals surface area contributed by atoms with Crippen LogP contribution < -0.4 is 15.0 Å². The van der Waals surface area contributed by atoms with Gasteiger partial charge in [0.25, 0.3) is 11.8 Å². The molecule has 1 atom stereocenters. The Morgan fingerprint density at radius 3 is 2.36 bits per heavy atom. The average molecular weight is 517 g/mol. The number of para-hydroxylation sites is 2. The summed E-state index contributed by atoms with van der Waals surface area (Å²) < 4.78 is 6.03. The monoisotopic (exact) mass is 516 g/mol. The number of rotatable bonds is 8. The van der Waals surface area contributed by atoms with Crippen LogP contribution >= 0.6 is 0 Å². The Hall–Kier alpha value is -4.64. The van der Waals surface area contributed by atoms with Crippen molar-refractivity contribution in [2.75, 3.05) is 4.90 Å². The van der Waals surface area contributed by atoms with Crippen molar-refractivity contribution in [3.8, 4) is 5.75 Å². The van der Waals surface area contributed by atoms with Crippen LogP contribution in [0.5, 0.6) is 5.75 Å². The van der Waals surface area contributed by atoms with E-state index in [1.54, 1.807) is 23.1 Å². The molecule has 0 saturated carbocycles. The van der Waals surface area contributed by atoms with Gasteiger partial charge in [-0.25, -0.2) is 0 Å². The van der Waals surface area contributed by atoms with Crippen LogP contribution in [0.2, 0.25) is 0 Å².